The van der Waals surface area contributed by atoms with Gasteiger partial charge in [-0.1, -0.05) is 24.3 Å². The van der Waals surface area contributed by atoms with E-state index in [0.29, 0.717) is 44.2 Å². The topological polar surface area (TPSA) is 59.3 Å². The molecule has 0 N–H and O–H groups in total. The van der Waals surface area contributed by atoms with Crippen LogP contribution in [0.4, 0.5) is 14.5 Å². The molecule has 7 nitrogen and oxygen atoms in total. The summed E-state index contributed by atoms with van der Waals surface area (Å²) in [5, 5.41) is 12.5. The molecule has 168 valence electrons. The minimum Gasteiger partial charge on any atom is -0.376 e. The summed E-state index contributed by atoms with van der Waals surface area (Å²) in [6, 6.07) is 13.1. The highest BCUT2D eigenvalue weighted by Crippen LogP contribution is 2.30. The van der Waals surface area contributed by atoms with E-state index in [4.69, 9.17) is 4.74 Å². The van der Waals surface area contributed by atoms with Crippen LogP contribution in [0.1, 0.15) is 30.3 Å². The Labute approximate surface area is 185 Å². The first-order valence-electron chi connectivity index (χ1n) is 11.1. The summed E-state index contributed by atoms with van der Waals surface area (Å²) in [6.07, 6.45) is 2.13. The number of benzene rings is 2. The van der Waals surface area contributed by atoms with Gasteiger partial charge in [-0.05, 0) is 53.1 Å². The normalized spacial score (nSPS) is 20.6. The Kier molecular flexibility index (Phi) is 6.09. The Morgan fingerprint density at radius 1 is 1.00 bits per heavy atom. The maximum Gasteiger partial charge on any atom is 0.173 e. The van der Waals surface area contributed by atoms with E-state index in [1.807, 2.05) is 16.8 Å². The zero-order chi connectivity index (χ0) is 21.9. The number of anilines is 1. The Hall–Kier alpha value is -2.91. The van der Waals surface area contributed by atoms with Gasteiger partial charge in [-0.25, -0.2) is 13.5 Å². The minimum absolute atomic E-state index is 0.101. The molecular weight excluding hydrogens is 414 g/mol. The number of hydrogen-bond acceptors (Lipinski definition) is 6. The molecule has 2 aliphatic heterocycles. The molecule has 0 spiro atoms. The first kappa shape index (κ1) is 21.0. The molecule has 2 saturated heterocycles. The number of rotatable bonds is 6. The fraction of sp³-hybridized carbons (Fsp3) is 0.435. The number of hydrogen-bond donors (Lipinski definition) is 0. The van der Waals surface area contributed by atoms with Gasteiger partial charge in [-0.2, -0.15) is 0 Å². The van der Waals surface area contributed by atoms with Crippen LogP contribution in [-0.2, 0) is 11.3 Å². The lowest BCUT2D eigenvalue weighted by atomic mass is 10.0. The predicted octanol–water partition coefficient (Wildman–Crippen LogP) is 3.04. The molecule has 2 aliphatic rings. The molecule has 5 rings (SSSR count). The van der Waals surface area contributed by atoms with Crippen LogP contribution in [0.3, 0.4) is 0 Å². The maximum atomic E-state index is 14.3. The summed E-state index contributed by atoms with van der Waals surface area (Å²) in [4.78, 5) is 4.34. The lowest BCUT2D eigenvalue weighted by Gasteiger charge is -2.40. The molecule has 32 heavy (non-hydrogen) atoms. The van der Waals surface area contributed by atoms with Crippen LogP contribution in [0.15, 0.2) is 48.5 Å². The van der Waals surface area contributed by atoms with Gasteiger partial charge in [0.2, 0.25) is 0 Å². The zero-order valence-corrected chi connectivity index (χ0v) is 17.8. The van der Waals surface area contributed by atoms with Crippen LogP contribution < -0.4 is 4.90 Å². The van der Waals surface area contributed by atoms with Gasteiger partial charge in [0.25, 0.3) is 0 Å². The van der Waals surface area contributed by atoms with Gasteiger partial charge in [0, 0.05) is 32.8 Å². The predicted molar refractivity (Wildman–Crippen MR) is 115 cm³/mol. The van der Waals surface area contributed by atoms with Crippen molar-refractivity contribution in [1.82, 2.24) is 25.1 Å². The summed E-state index contributed by atoms with van der Waals surface area (Å²) >= 11 is 0. The number of aromatic nitrogens is 4. The number of piperazine rings is 1. The standard InChI is InChI=1S/C23H26F2N6O/c24-18-9-7-17(8-10-18)22(23-26-27-28-31(23)16-19-4-3-15-32-19)30-13-11-29(12-14-30)21-6-2-1-5-20(21)25/h1-2,5-10,19,22H,3-4,11-16H2/t19-,22-/m1/s1. The van der Waals surface area contributed by atoms with Crippen molar-refractivity contribution in [2.24, 2.45) is 0 Å². The van der Waals surface area contributed by atoms with Crippen LogP contribution in [0.5, 0.6) is 0 Å². The van der Waals surface area contributed by atoms with Crippen molar-refractivity contribution in [3.8, 4) is 0 Å². The molecule has 2 fully saturated rings. The van der Waals surface area contributed by atoms with E-state index in [0.717, 1.165) is 25.0 Å². The molecule has 3 aromatic rings. The van der Waals surface area contributed by atoms with E-state index in [-0.39, 0.29) is 23.8 Å². The highest BCUT2D eigenvalue weighted by Gasteiger charge is 2.32. The van der Waals surface area contributed by atoms with E-state index in [1.54, 1.807) is 18.2 Å². The molecule has 0 amide bonds. The third-order valence-electron chi connectivity index (χ3n) is 6.26. The highest BCUT2D eigenvalue weighted by molar-refractivity contribution is 5.48. The minimum atomic E-state index is -0.282. The first-order chi connectivity index (χ1) is 15.7. The number of tetrazole rings is 1. The van der Waals surface area contributed by atoms with Crippen LogP contribution in [-0.4, -0.2) is 64.0 Å². The molecule has 0 unspecified atom stereocenters. The fourth-order valence-corrected chi connectivity index (χ4v) is 4.62. The molecule has 2 aromatic carbocycles. The fourth-order valence-electron chi connectivity index (χ4n) is 4.62. The van der Waals surface area contributed by atoms with Crippen molar-refractivity contribution in [3.63, 3.8) is 0 Å². The summed E-state index contributed by atoms with van der Waals surface area (Å²) < 4.78 is 35.5. The average Bonchev–Trinajstić information content (AvgIpc) is 3.49. The zero-order valence-electron chi connectivity index (χ0n) is 17.8. The number of halogens is 2. The van der Waals surface area contributed by atoms with E-state index < -0.39 is 0 Å². The van der Waals surface area contributed by atoms with Crippen LogP contribution in [0.2, 0.25) is 0 Å². The molecule has 0 bridgehead atoms. The van der Waals surface area contributed by atoms with Gasteiger partial charge in [0.15, 0.2) is 5.82 Å². The van der Waals surface area contributed by atoms with Crippen molar-refractivity contribution in [2.75, 3.05) is 37.7 Å². The van der Waals surface area contributed by atoms with Crippen molar-refractivity contribution < 1.29 is 13.5 Å². The summed E-state index contributed by atoms with van der Waals surface area (Å²) in [7, 11) is 0. The second-order valence-corrected chi connectivity index (χ2v) is 8.28. The van der Waals surface area contributed by atoms with Gasteiger partial charge < -0.3 is 9.64 Å². The largest absolute Gasteiger partial charge is 0.376 e. The molecule has 2 atom stereocenters. The van der Waals surface area contributed by atoms with Gasteiger partial charge in [-0.3, -0.25) is 4.90 Å². The Morgan fingerprint density at radius 2 is 1.78 bits per heavy atom. The smallest absolute Gasteiger partial charge is 0.173 e. The van der Waals surface area contributed by atoms with Crippen LogP contribution in [0.25, 0.3) is 0 Å². The Morgan fingerprint density at radius 3 is 2.50 bits per heavy atom. The van der Waals surface area contributed by atoms with E-state index in [9.17, 15) is 8.78 Å². The molecule has 3 heterocycles. The van der Waals surface area contributed by atoms with E-state index in [1.165, 1.54) is 18.2 Å². The highest BCUT2D eigenvalue weighted by atomic mass is 19.1. The molecule has 0 saturated carbocycles. The van der Waals surface area contributed by atoms with Gasteiger partial charge in [0.1, 0.15) is 11.6 Å². The molecule has 0 radical (unpaired) electrons. The quantitative estimate of drug-likeness (QED) is 0.587. The number of para-hydroxylation sites is 1. The third-order valence-corrected chi connectivity index (χ3v) is 6.26. The first-order valence-corrected chi connectivity index (χ1v) is 11.1. The second-order valence-electron chi connectivity index (χ2n) is 8.28. The Balaban J connectivity index is 1.40. The summed E-state index contributed by atoms with van der Waals surface area (Å²) in [6.45, 7) is 4.10. The Bertz CT molecular complexity index is 1030. The molecule has 0 aliphatic carbocycles. The van der Waals surface area contributed by atoms with Crippen molar-refractivity contribution >= 4 is 5.69 Å². The maximum absolute atomic E-state index is 14.3. The van der Waals surface area contributed by atoms with Crippen LogP contribution >= 0.6 is 0 Å². The summed E-state index contributed by atoms with van der Waals surface area (Å²) in [5.74, 6) is 0.221. The average molecular weight is 440 g/mol. The van der Waals surface area contributed by atoms with Crippen molar-refractivity contribution in [3.05, 3.63) is 71.6 Å². The van der Waals surface area contributed by atoms with E-state index >= 15 is 0 Å². The van der Waals surface area contributed by atoms with Crippen molar-refractivity contribution in [2.45, 2.75) is 31.5 Å². The van der Waals surface area contributed by atoms with E-state index in [2.05, 4.69) is 25.3 Å². The lowest BCUT2D eigenvalue weighted by molar-refractivity contribution is 0.0906. The molecule has 1 aromatic heterocycles. The molecular formula is C23H26F2N6O. The van der Waals surface area contributed by atoms with Crippen LogP contribution in [0, 0.1) is 11.6 Å². The molecule has 9 heteroatoms. The summed E-state index contributed by atoms with van der Waals surface area (Å²) in [5.41, 5.74) is 1.54. The SMILES string of the molecule is Fc1ccc([C@H](c2nnnn2C[C@H]2CCCO2)N2CCN(c3ccccc3F)CC2)cc1. The third kappa shape index (κ3) is 4.35. The van der Waals surface area contributed by atoms with Crippen molar-refractivity contribution in [1.29, 1.82) is 0 Å². The number of nitrogens with zero attached hydrogens (tertiary/aromatic N) is 6. The van der Waals surface area contributed by atoms with Gasteiger partial charge in [0.05, 0.1) is 24.4 Å². The number of ether oxygens (including phenoxy) is 1. The lowest BCUT2D eigenvalue weighted by Crippen LogP contribution is -2.48. The second kappa shape index (κ2) is 9.30. The monoisotopic (exact) mass is 440 g/mol. The van der Waals surface area contributed by atoms with Gasteiger partial charge in [-0.15, -0.1) is 5.10 Å². The van der Waals surface area contributed by atoms with Gasteiger partial charge >= 0.3 is 0 Å².